The number of benzene rings is 3. The summed E-state index contributed by atoms with van der Waals surface area (Å²) < 4.78 is 0. The normalized spacial score (nSPS) is 12.4. The third kappa shape index (κ3) is 2.58. The van der Waals surface area contributed by atoms with Crippen LogP contribution in [0, 0.1) is 10.1 Å². The van der Waals surface area contributed by atoms with E-state index in [9.17, 15) is 10.1 Å². The Hall–Kier alpha value is -3.40. The average Bonchev–Trinajstić information content (AvgIpc) is 2.65. The molecule has 3 aromatic carbocycles. The fourth-order valence-corrected chi connectivity index (χ4v) is 3.28. The summed E-state index contributed by atoms with van der Waals surface area (Å²) in [5.41, 5.74) is 6.77. The van der Waals surface area contributed by atoms with Crippen LogP contribution >= 0.6 is 0 Å². The van der Waals surface area contributed by atoms with E-state index < -0.39 is 0 Å². The molecule has 25 heavy (non-hydrogen) atoms. The highest BCUT2D eigenvalue weighted by Gasteiger charge is 2.23. The highest BCUT2D eigenvalue weighted by atomic mass is 16.6. The number of fused-ring (bicyclic) bond motifs is 2. The summed E-state index contributed by atoms with van der Waals surface area (Å²) in [6, 6.07) is 23.2. The number of nitro benzene ring substituents is 1. The van der Waals surface area contributed by atoms with Gasteiger partial charge in [0.05, 0.1) is 4.92 Å². The lowest BCUT2D eigenvalue weighted by atomic mass is 9.89. The molecule has 0 saturated heterocycles. The summed E-state index contributed by atoms with van der Waals surface area (Å²) in [6.07, 6.45) is 2.09. The topological polar surface area (TPSA) is 46.4 Å². The predicted octanol–water partition coefficient (Wildman–Crippen LogP) is 5.27. The first-order chi connectivity index (χ1) is 12.1. The van der Waals surface area contributed by atoms with Crippen molar-refractivity contribution in [1.29, 1.82) is 0 Å². The SMILES string of the molecule is CN1c2ccccc2C(=Cc2ccc([N+](=O)[O-])cc2)c2ccccc21. The second kappa shape index (κ2) is 5.91. The van der Waals surface area contributed by atoms with Crippen molar-refractivity contribution in [2.24, 2.45) is 0 Å². The van der Waals surface area contributed by atoms with Gasteiger partial charge in [-0.05, 0) is 41.5 Å². The van der Waals surface area contributed by atoms with E-state index in [1.54, 1.807) is 24.3 Å². The number of non-ortho nitro benzene ring substituents is 1. The van der Waals surface area contributed by atoms with Gasteiger partial charge in [-0.2, -0.15) is 0 Å². The van der Waals surface area contributed by atoms with E-state index in [1.165, 1.54) is 0 Å². The van der Waals surface area contributed by atoms with E-state index in [4.69, 9.17) is 0 Å². The van der Waals surface area contributed by atoms with Crippen LogP contribution in [0.2, 0.25) is 0 Å². The fourth-order valence-electron chi connectivity index (χ4n) is 3.28. The number of para-hydroxylation sites is 2. The Labute approximate surface area is 145 Å². The molecule has 122 valence electrons. The number of nitrogens with zero attached hydrogens (tertiary/aromatic N) is 2. The largest absolute Gasteiger partial charge is 0.344 e. The first-order valence-corrected chi connectivity index (χ1v) is 8.04. The molecule has 0 atom stereocenters. The zero-order valence-corrected chi connectivity index (χ0v) is 13.7. The number of nitro groups is 1. The van der Waals surface area contributed by atoms with Gasteiger partial charge in [0, 0.05) is 41.7 Å². The Bertz CT molecular complexity index is 941. The molecule has 4 rings (SSSR count). The first-order valence-electron chi connectivity index (χ1n) is 8.04. The monoisotopic (exact) mass is 328 g/mol. The summed E-state index contributed by atoms with van der Waals surface area (Å²) in [7, 11) is 2.07. The summed E-state index contributed by atoms with van der Waals surface area (Å²) in [6.45, 7) is 0. The van der Waals surface area contributed by atoms with Crippen LogP contribution in [0.15, 0.2) is 72.8 Å². The predicted molar refractivity (Wildman–Crippen MR) is 101 cm³/mol. The van der Waals surface area contributed by atoms with Crippen molar-refractivity contribution in [2.45, 2.75) is 0 Å². The molecule has 0 saturated carbocycles. The molecule has 0 fully saturated rings. The molecule has 3 aromatic rings. The van der Waals surface area contributed by atoms with Gasteiger partial charge >= 0.3 is 0 Å². The Morgan fingerprint density at radius 2 is 1.36 bits per heavy atom. The molecule has 0 aliphatic carbocycles. The van der Waals surface area contributed by atoms with Gasteiger partial charge < -0.3 is 4.90 Å². The lowest BCUT2D eigenvalue weighted by molar-refractivity contribution is -0.384. The highest BCUT2D eigenvalue weighted by molar-refractivity contribution is 6.03. The molecule has 0 bridgehead atoms. The molecule has 0 spiro atoms. The molecular formula is C21H16N2O2. The second-order valence-electron chi connectivity index (χ2n) is 6.00. The van der Waals surface area contributed by atoms with Crippen LogP contribution in [0.25, 0.3) is 11.6 Å². The maximum absolute atomic E-state index is 10.9. The smallest absolute Gasteiger partial charge is 0.269 e. The lowest BCUT2D eigenvalue weighted by Gasteiger charge is -2.31. The molecule has 1 aliphatic rings. The van der Waals surface area contributed by atoms with E-state index in [1.807, 2.05) is 24.3 Å². The minimum absolute atomic E-state index is 0.103. The quantitative estimate of drug-likeness (QED) is 0.476. The average molecular weight is 328 g/mol. The van der Waals surface area contributed by atoms with Crippen LogP contribution in [-0.4, -0.2) is 12.0 Å². The van der Waals surface area contributed by atoms with Crippen molar-refractivity contribution >= 4 is 28.7 Å². The van der Waals surface area contributed by atoms with Crippen molar-refractivity contribution in [1.82, 2.24) is 0 Å². The summed E-state index contributed by atoms with van der Waals surface area (Å²) in [5, 5.41) is 10.9. The highest BCUT2D eigenvalue weighted by Crippen LogP contribution is 2.44. The van der Waals surface area contributed by atoms with Crippen molar-refractivity contribution in [3.63, 3.8) is 0 Å². The van der Waals surface area contributed by atoms with Crippen molar-refractivity contribution in [2.75, 3.05) is 11.9 Å². The Balaban J connectivity index is 1.89. The molecule has 1 heterocycles. The van der Waals surface area contributed by atoms with Gasteiger partial charge in [0.1, 0.15) is 0 Å². The number of hydrogen-bond donors (Lipinski definition) is 0. The lowest BCUT2D eigenvalue weighted by Crippen LogP contribution is -2.17. The maximum Gasteiger partial charge on any atom is 0.269 e. The van der Waals surface area contributed by atoms with Crippen molar-refractivity contribution in [3.8, 4) is 0 Å². The zero-order chi connectivity index (χ0) is 17.4. The number of anilines is 2. The molecule has 0 radical (unpaired) electrons. The van der Waals surface area contributed by atoms with Gasteiger partial charge in [-0.25, -0.2) is 0 Å². The minimum Gasteiger partial charge on any atom is -0.344 e. The fraction of sp³-hybridized carbons (Fsp3) is 0.0476. The molecule has 0 unspecified atom stereocenters. The van der Waals surface area contributed by atoms with Crippen LogP contribution < -0.4 is 4.90 Å². The maximum atomic E-state index is 10.9. The molecule has 1 aliphatic heterocycles. The van der Waals surface area contributed by atoms with Gasteiger partial charge in [0.15, 0.2) is 0 Å². The van der Waals surface area contributed by atoms with E-state index in [2.05, 4.69) is 42.3 Å². The summed E-state index contributed by atoms with van der Waals surface area (Å²) in [4.78, 5) is 12.7. The Morgan fingerprint density at radius 1 is 0.840 bits per heavy atom. The summed E-state index contributed by atoms with van der Waals surface area (Å²) >= 11 is 0. The van der Waals surface area contributed by atoms with E-state index in [0.29, 0.717) is 0 Å². The third-order valence-electron chi connectivity index (χ3n) is 4.53. The van der Waals surface area contributed by atoms with E-state index in [0.717, 1.165) is 33.6 Å². The second-order valence-corrected chi connectivity index (χ2v) is 6.00. The van der Waals surface area contributed by atoms with Crippen LogP contribution in [0.3, 0.4) is 0 Å². The van der Waals surface area contributed by atoms with Crippen LogP contribution in [0.1, 0.15) is 16.7 Å². The Morgan fingerprint density at radius 3 is 1.88 bits per heavy atom. The van der Waals surface area contributed by atoms with Gasteiger partial charge in [0.2, 0.25) is 0 Å². The molecule has 0 amide bonds. The van der Waals surface area contributed by atoms with E-state index in [-0.39, 0.29) is 10.6 Å². The van der Waals surface area contributed by atoms with Crippen molar-refractivity contribution in [3.05, 3.63) is 99.6 Å². The molecule has 0 N–H and O–H groups in total. The number of rotatable bonds is 2. The van der Waals surface area contributed by atoms with Crippen LogP contribution in [0.4, 0.5) is 17.1 Å². The standard InChI is InChI=1S/C21H16N2O2/c1-22-20-8-4-2-6-17(20)19(18-7-3-5-9-21(18)22)14-15-10-12-16(13-11-15)23(24)25/h2-14H,1H3. The van der Waals surface area contributed by atoms with Gasteiger partial charge in [-0.3, -0.25) is 10.1 Å². The number of hydrogen-bond acceptors (Lipinski definition) is 3. The van der Waals surface area contributed by atoms with Crippen LogP contribution in [-0.2, 0) is 0 Å². The molecular weight excluding hydrogens is 312 g/mol. The van der Waals surface area contributed by atoms with E-state index >= 15 is 0 Å². The molecule has 4 heteroatoms. The Kier molecular flexibility index (Phi) is 3.58. The van der Waals surface area contributed by atoms with Gasteiger partial charge in [0.25, 0.3) is 5.69 Å². The molecule has 0 aromatic heterocycles. The minimum atomic E-state index is -0.378. The van der Waals surface area contributed by atoms with Gasteiger partial charge in [-0.15, -0.1) is 0 Å². The van der Waals surface area contributed by atoms with Gasteiger partial charge in [-0.1, -0.05) is 36.4 Å². The van der Waals surface area contributed by atoms with Crippen LogP contribution in [0.5, 0.6) is 0 Å². The zero-order valence-electron chi connectivity index (χ0n) is 13.7. The molecule has 4 nitrogen and oxygen atoms in total. The first kappa shape index (κ1) is 15.1. The summed E-state index contributed by atoms with van der Waals surface area (Å²) in [5.74, 6) is 0. The van der Waals surface area contributed by atoms with Crippen molar-refractivity contribution < 1.29 is 4.92 Å². The third-order valence-corrected chi connectivity index (χ3v) is 4.53.